The summed E-state index contributed by atoms with van der Waals surface area (Å²) in [6.07, 6.45) is -0.694. The predicted molar refractivity (Wildman–Crippen MR) is 121 cm³/mol. The van der Waals surface area contributed by atoms with Crippen LogP contribution in [-0.2, 0) is 17.9 Å². The standard InChI is InChI=1S/C24H20Cl2N2O3/c1-16(30-20-8-3-2-4-9-20)24(29)28(14-17-6-5-7-18(25)12-17)15-23-27-21-13-19(26)10-11-22(21)31-23/h2-13,16H,14-15H2,1H3/t16-/m1/s1. The van der Waals surface area contributed by atoms with E-state index in [2.05, 4.69) is 4.98 Å². The molecule has 158 valence electrons. The first-order valence-electron chi connectivity index (χ1n) is 9.78. The van der Waals surface area contributed by atoms with E-state index in [-0.39, 0.29) is 12.5 Å². The molecule has 1 amide bonds. The molecule has 3 aromatic carbocycles. The first-order valence-corrected chi connectivity index (χ1v) is 10.5. The van der Waals surface area contributed by atoms with E-state index in [0.717, 1.165) is 5.56 Å². The molecule has 0 aliphatic heterocycles. The maximum atomic E-state index is 13.3. The number of carbonyl (C=O) groups excluding carboxylic acids is 1. The van der Waals surface area contributed by atoms with Crippen molar-refractivity contribution in [3.8, 4) is 5.75 Å². The van der Waals surface area contributed by atoms with Crippen LogP contribution in [0.25, 0.3) is 11.1 Å². The van der Waals surface area contributed by atoms with Crippen molar-refractivity contribution in [1.29, 1.82) is 0 Å². The molecule has 4 aromatic rings. The van der Waals surface area contributed by atoms with E-state index >= 15 is 0 Å². The van der Waals surface area contributed by atoms with Crippen molar-refractivity contribution in [1.82, 2.24) is 9.88 Å². The van der Waals surface area contributed by atoms with Crippen molar-refractivity contribution in [3.05, 3.63) is 94.3 Å². The lowest BCUT2D eigenvalue weighted by molar-refractivity contribution is -0.139. The topological polar surface area (TPSA) is 55.6 Å². The lowest BCUT2D eigenvalue weighted by Crippen LogP contribution is -2.39. The largest absolute Gasteiger partial charge is 0.481 e. The summed E-state index contributed by atoms with van der Waals surface area (Å²) < 4.78 is 11.7. The van der Waals surface area contributed by atoms with Gasteiger partial charge in [0.05, 0.1) is 6.54 Å². The average molecular weight is 455 g/mol. The number of carbonyl (C=O) groups is 1. The molecule has 1 heterocycles. The minimum absolute atomic E-state index is 0.181. The number of oxazole rings is 1. The molecule has 0 saturated heterocycles. The number of amides is 1. The highest BCUT2D eigenvalue weighted by Gasteiger charge is 2.24. The molecular weight excluding hydrogens is 435 g/mol. The Kier molecular flexibility index (Phi) is 6.44. The molecule has 7 heteroatoms. The molecule has 0 radical (unpaired) electrons. The van der Waals surface area contributed by atoms with E-state index in [1.807, 2.05) is 48.5 Å². The first-order chi connectivity index (χ1) is 15.0. The predicted octanol–water partition coefficient (Wildman–Crippen LogP) is 6.13. The number of ether oxygens (including phenoxy) is 1. The minimum Gasteiger partial charge on any atom is -0.481 e. The third-order valence-corrected chi connectivity index (χ3v) is 5.17. The van der Waals surface area contributed by atoms with E-state index in [4.69, 9.17) is 32.4 Å². The third kappa shape index (κ3) is 5.37. The van der Waals surface area contributed by atoms with Crippen LogP contribution in [0.5, 0.6) is 5.75 Å². The number of hydrogen-bond acceptors (Lipinski definition) is 4. The molecule has 0 unspecified atom stereocenters. The molecule has 0 bridgehead atoms. The van der Waals surface area contributed by atoms with Gasteiger partial charge in [0.15, 0.2) is 11.7 Å². The van der Waals surface area contributed by atoms with E-state index in [1.54, 1.807) is 36.1 Å². The summed E-state index contributed by atoms with van der Waals surface area (Å²) in [4.78, 5) is 19.4. The molecule has 0 aliphatic carbocycles. The van der Waals surface area contributed by atoms with Gasteiger partial charge in [-0.3, -0.25) is 4.79 Å². The maximum Gasteiger partial charge on any atom is 0.264 e. The van der Waals surface area contributed by atoms with Crippen LogP contribution in [0.15, 0.2) is 77.2 Å². The third-order valence-electron chi connectivity index (χ3n) is 4.70. The second-order valence-electron chi connectivity index (χ2n) is 7.12. The zero-order valence-corrected chi connectivity index (χ0v) is 18.3. The van der Waals surface area contributed by atoms with Gasteiger partial charge in [-0.1, -0.05) is 53.5 Å². The summed E-state index contributed by atoms with van der Waals surface area (Å²) in [5.74, 6) is 0.853. The van der Waals surface area contributed by atoms with Gasteiger partial charge in [-0.15, -0.1) is 0 Å². The van der Waals surface area contributed by atoms with Crippen molar-refractivity contribution >= 4 is 40.2 Å². The number of nitrogens with zero attached hydrogens (tertiary/aromatic N) is 2. The maximum absolute atomic E-state index is 13.3. The second-order valence-corrected chi connectivity index (χ2v) is 7.99. The van der Waals surface area contributed by atoms with E-state index in [0.29, 0.717) is 39.3 Å². The van der Waals surface area contributed by atoms with Gasteiger partial charge in [0.2, 0.25) is 5.89 Å². The van der Waals surface area contributed by atoms with Gasteiger partial charge in [-0.2, -0.15) is 0 Å². The molecule has 0 saturated carbocycles. The van der Waals surface area contributed by atoms with Crippen LogP contribution in [0, 0.1) is 0 Å². The quantitative estimate of drug-likeness (QED) is 0.336. The van der Waals surface area contributed by atoms with Crippen LogP contribution in [0.4, 0.5) is 0 Å². The highest BCUT2D eigenvalue weighted by atomic mass is 35.5. The molecule has 31 heavy (non-hydrogen) atoms. The van der Waals surface area contributed by atoms with Gasteiger partial charge >= 0.3 is 0 Å². The number of halogens is 2. The van der Waals surface area contributed by atoms with Crippen molar-refractivity contribution < 1.29 is 13.9 Å². The van der Waals surface area contributed by atoms with Gasteiger partial charge in [-0.05, 0) is 55.0 Å². The zero-order valence-electron chi connectivity index (χ0n) is 16.8. The first kappa shape index (κ1) is 21.2. The molecule has 0 aliphatic rings. The van der Waals surface area contributed by atoms with Crippen LogP contribution in [0.2, 0.25) is 10.0 Å². The molecule has 0 fully saturated rings. The smallest absolute Gasteiger partial charge is 0.264 e. The summed E-state index contributed by atoms with van der Waals surface area (Å²) >= 11 is 12.2. The molecule has 1 atom stereocenters. The Balaban J connectivity index is 1.58. The number of rotatable bonds is 7. The molecule has 5 nitrogen and oxygen atoms in total. The Hall–Kier alpha value is -3.02. The van der Waals surface area contributed by atoms with Crippen molar-refractivity contribution in [3.63, 3.8) is 0 Å². The Morgan fingerprint density at radius 3 is 2.55 bits per heavy atom. The molecule has 0 spiro atoms. The summed E-state index contributed by atoms with van der Waals surface area (Å²) in [5.41, 5.74) is 2.15. The monoisotopic (exact) mass is 454 g/mol. The summed E-state index contributed by atoms with van der Waals surface area (Å²) in [7, 11) is 0. The lowest BCUT2D eigenvalue weighted by Gasteiger charge is -2.25. The normalized spacial score (nSPS) is 12.0. The highest BCUT2D eigenvalue weighted by Crippen LogP contribution is 2.22. The Labute approximate surface area is 190 Å². The summed E-state index contributed by atoms with van der Waals surface area (Å²) in [5, 5.41) is 1.18. The number of benzene rings is 3. The molecule has 1 aromatic heterocycles. The van der Waals surface area contributed by atoms with Crippen LogP contribution >= 0.6 is 23.2 Å². The molecular formula is C24H20Cl2N2O3. The summed E-state index contributed by atoms with van der Waals surface area (Å²) in [6.45, 7) is 2.24. The Morgan fingerprint density at radius 2 is 1.77 bits per heavy atom. The Morgan fingerprint density at radius 1 is 1.00 bits per heavy atom. The fourth-order valence-electron chi connectivity index (χ4n) is 3.26. The van der Waals surface area contributed by atoms with E-state index < -0.39 is 6.10 Å². The zero-order chi connectivity index (χ0) is 21.8. The highest BCUT2D eigenvalue weighted by molar-refractivity contribution is 6.31. The van der Waals surface area contributed by atoms with Crippen molar-refractivity contribution in [2.24, 2.45) is 0 Å². The molecule has 4 rings (SSSR count). The van der Waals surface area contributed by atoms with E-state index in [1.165, 1.54) is 0 Å². The fraction of sp³-hybridized carbons (Fsp3) is 0.167. The second kappa shape index (κ2) is 9.41. The van der Waals surface area contributed by atoms with Gasteiger partial charge in [0.25, 0.3) is 5.91 Å². The van der Waals surface area contributed by atoms with Crippen molar-refractivity contribution in [2.75, 3.05) is 0 Å². The van der Waals surface area contributed by atoms with Gasteiger partial charge < -0.3 is 14.1 Å². The van der Waals surface area contributed by atoms with Crippen LogP contribution in [-0.4, -0.2) is 21.9 Å². The minimum atomic E-state index is -0.694. The SMILES string of the molecule is C[C@@H](Oc1ccccc1)C(=O)N(Cc1cccc(Cl)c1)Cc1nc2cc(Cl)ccc2o1. The van der Waals surface area contributed by atoms with Crippen LogP contribution in [0.1, 0.15) is 18.4 Å². The van der Waals surface area contributed by atoms with Gasteiger partial charge in [0, 0.05) is 16.6 Å². The number of aromatic nitrogens is 1. The van der Waals surface area contributed by atoms with Crippen molar-refractivity contribution in [2.45, 2.75) is 26.1 Å². The number of fused-ring (bicyclic) bond motifs is 1. The number of hydrogen-bond donors (Lipinski definition) is 0. The van der Waals surface area contributed by atoms with Gasteiger partial charge in [0.1, 0.15) is 11.3 Å². The fourth-order valence-corrected chi connectivity index (χ4v) is 3.64. The van der Waals surface area contributed by atoms with Crippen LogP contribution < -0.4 is 4.74 Å². The average Bonchev–Trinajstić information content (AvgIpc) is 3.15. The van der Waals surface area contributed by atoms with Gasteiger partial charge in [-0.25, -0.2) is 4.98 Å². The Bertz CT molecular complexity index is 1190. The lowest BCUT2D eigenvalue weighted by atomic mass is 10.2. The molecule has 0 N–H and O–H groups in total. The van der Waals surface area contributed by atoms with E-state index in [9.17, 15) is 4.79 Å². The number of para-hydroxylation sites is 1. The van der Waals surface area contributed by atoms with Crippen LogP contribution in [0.3, 0.4) is 0 Å². The summed E-state index contributed by atoms with van der Waals surface area (Å²) in [6, 6.07) is 21.9.